The molecular formula is C27H31BF10N6O3. The number of amides is 2. The Morgan fingerprint density at radius 3 is 1.53 bits per heavy atom. The summed E-state index contributed by atoms with van der Waals surface area (Å²) in [5.41, 5.74) is -0.825. The van der Waals surface area contributed by atoms with Gasteiger partial charge in [0.15, 0.2) is 0 Å². The van der Waals surface area contributed by atoms with Crippen LogP contribution in [0.4, 0.5) is 43.9 Å². The zero-order valence-electron chi connectivity index (χ0n) is 24.9. The Kier molecular flexibility index (Phi) is 13.0. The molecule has 2 aromatic rings. The number of halogens is 10. The van der Waals surface area contributed by atoms with Crippen LogP contribution in [0.15, 0.2) is 24.5 Å². The summed E-state index contributed by atoms with van der Waals surface area (Å²) in [5, 5.41) is 12.5. The van der Waals surface area contributed by atoms with Crippen molar-refractivity contribution in [3.05, 3.63) is 59.2 Å². The molecule has 0 bridgehead atoms. The van der Waals surface area contributed by atoms with Gasteiger partial charge in [0, 0.05) is 24.2 Å². The molecule has 0 saturated carbocycles. The van der Waals surface area contributed by atoms with Crippen LogP contribution in [0.1, 0.15) is 37.1 Å². The van der Waals surface area contributed by atoms with Crippen molar-refractivity contribution in [2.24, 2.45) is 0 Å². The van der Waals surface area contributed by atoms with E-state index < -0.39 is 91.0 Å². The first-order valence-electron chi connectivity index (χ1n) is 14.4. The van der Waals surface area contributed by atoms with Crippen molar-refractivity contribution < 1.29 is 58.5 Å². The maximum absolute atomic E-state index is 13.7. The maximum Gasteiger partial charge on any atom is 0.471 e. The van der Waals surface area contributed by atoms with Crippen molar-refractivity contribution in [1.29, 1.82) is 0 Å². The second-order valence-corrected chi connectivity index (χ2v) is 10.9. The molecule has 4 rings (SSSR count). The highest BCUT2D eigenvalue weighted by molar-refractivity contribution is 6.45. The van der Waals surface area contributed by atoms with Gasteiger partial charge < -0.3 is 25.0 Å². The standard InChI is InChI=1S/C14H17BF5N3O2.C13H14F5N3O/c1-15(25)22-4-2-10(3-5-22)23(13(24)14(18,19)20)8-12-11(17)6-9(16)7-21-12;14-8-5-10(15)11(20-6-8)7-21(12(22)13(16,17)18)9-1-3-19-4-2-9/h6-7,10,25H,2-5,8H2,1H3;5-6,9,19H,1-4,7H2. The number of nitrogens with zero attached hydrogens (tertiary/aromatic N) is 5. The lowest BCUT2D eigenvalue weighted by Gasteiger charge is -2.39. The van der Waals surface area contributed by atoms with E-state index >= 15 is 0 Å². The lowest BCUT2D eigenvalue weighted by molar-refractivity contribution is -0.189. The molecule has 2 saturated heterocycles. The van der Waals surface area contributed by atoms with Crippen LogP contribution in [0.5, 0.6) is 0 Å². The Hall–Kier alpha value is -3.52. The van der Waals surface area contributed by atoms with Gasteiger partial charge in [0.25, 0.3) is 0 Å². The molecule has 260 valence electrons. The molecule has 4 heterocycles. The van der Waals surface area contributed by atoms with E-state index in [2.05, 4.69) is 15.3 Å². The number of carbonyl (C=O) groups is 2. The summed E-state index contributed by atoms with van der Waals surface area (Å²) in [6.45, 7) is 1.71. The van der Waals surface area contributed by atoms with Crippen LogP contribution in [0.25, 0.3) is 0 Å². The smallest absolute Gasteiger partial charge is 0.437 e. The van der Waals surface area contributed by atoms with Crippen LogP contribution >= 0.6 is 0 Å². The molecule has 9 nitrogen and oxygen atoms in total. The fourth-order valence-electron chi connectivity index (χ4n) is 5.19. The third kappa shape index (κ3) is 10.7. The molecular weight excluding hydrogens is 657 g/mol. The van der Waals surface area contributed by atoms with Crippen LogP contribution in [0.2, 0.25) is 6.82 Å². The number of carbonyl (C=O) groups excluding carboxylic acids is 2. The third-order valence-electron chi connectivity index (χ3n) is 7.63. The summed E-state index contributed by atoms with van der Waals surface area (Å²) < 4.78 is 130. The van der Waals surface area contributed by atoms with Gasteiger partial charge in [-0.25, -0.2) is 17.6 Å². The van der Waals surface area contributed by atoms with Crippen molar-refractivity contribution in [3.63, 3.8) is 0 Å². The highest BCUT2D eigenvalue weighted by atomic mass is 19.4. The molecule has 2 aromatic heterocycles. The number of aromatic nitrogens is 2. The monoisotopic (exact) mass is 688 g/mol. The zero-order valence-corrected chi connectivity index (χ0v) is 24.9. The first-order valence-corrected chi connectivity index (χ1v) is 14.4. The third-order valence-corrected chi connectivity index (χ3v) is 7.63. The normalized spacial score (nSPS) is 16.7. The Morgan fingerprint density at radius 2 is 1.19 bits per heavy atom. The van der Waals surface area contributed by atoms with E-state index in [1.165, 1.54) is 6.82 Å². The number of nitrogens with one attached hydrogen (secondary N) is 1. The van der Waals surface area contributed by atoms with Crippen LogP contribution in [0.3, 0.4) is 0 Å². The lowest BCUT2D eigenvalue weighted by atomic mass is 9.82. The second-order valence-electron chi connectivity index (χ2n) is 10.9. The van der Waals surface area contributed by atoms with Crippen LogP contribution in [0, 0.1) is 23.3 Å². The van der Waals surface area contributed by atoms with E-state index in [-0.39, 0.29) is 12.8 Å². The predicted octanol–water partition coefficient (Wildman–Crippen LogP) is 3.83. The SMILES string of the molecule is CB(O)N1CCC(N(Cc2ncc(F)cc2F)C(=O)C(F)(F)F)CC1.O=C(N(Cc1ncc(F)cc1F)C1CCNCC1)C(F)(F)F. The summed E-state index contributed by atoms with van der Waals surface area (Å²) in [6, 6.07) is -0.410. The van der Waals surface area contributed by atoms with Crippen molar-refractivity contribution in [1.82, 2.24) is 29.9 Å². The minimum atomic E-state index is -5.11. The minimum Gasteiger partial charge on any atom is -0.437 e. The molecule has 0 aliphatic carbocycles. The summed E-state index contributed by atoms with van der Waals surface area (Å²) in [5.74, 6) is -8.20. The van der Waals surface area contributed by atoms with Gasteiger partial charge in [0.2, 0.25) is 0 Å². The number of hydrogen-bond donors (Lipinski definition) is 2. The number of piperidine rings is 2. The van der Waals surface area contributed by atoms with Gasteiger partial charge in [-0.1, -0.05) is 0 Å². The van der Waals surface area contributed by atoms with Gasteiger partial charge in [-0.3, -0.25) is 19.6 Å². The minimum absolute atomic E-state index is 0.190. The van der Waals surface area contributed by atoms with Crippen molar-refractivity contribution >= 4 is 18.9 Å². The summed E-state index contributed by atoms with van der Waals surface area (Å²) in [7, 11) is -0.746. The fourth-order valence-corrected chi connectivity index (χ4v) is 5.19. The molecule has 2 fully saturated rings. The highest BCUT2D eigenvalue weighted by Gasteiger charge is 2.46. The molecule has 20 heteroatoms. The van der Waals surface area contributed by atoms with E-state index in [0.717, 1.165) is 0 Å². The Labute approximate surface area is 263 Å². The number of hydrogen-bond acceptors (Lipinski definition) is 7. The summed E-state index contributed by atoms with van der Waals surface area (Å²) >= 11 is 0. The topological polar surface area (TPSA) is 102 Å². The first kappa shape index (κ1) is 37.9. The predicted molar refractivity (Wildman–Crippen MR) is 146 cm³/mol. The van der Waals surface area contributed by atoms with E-state index in [1.54, 1.807) is 4.81 Å². The summed E-state index contributed by atoms with van der Waals surface area (Å²) in [6.07, 6.45) is -7.75. The average Bonchev–Trinajstić information content (AvgIpc) is 3.00. The van der Waals surface area contributed by atoms with Crippen molar-refractivity contribution in [3.8, 4) is 0 Å². The van der Waals surface area contributed by atoms with E-state index in [0.29, 0.717) is 73.3 Å². The number of pyridine rings is 2. The Balaban J connectivity index is 0.000000257. The van der Waals surface area contributed by atoms with E-state index in [9.17, 15) is 58.5 Å². The molecule has 2 aliphatic rings. The molecule has 47 heavy (non-hydrogen) atoms. The maximum atomic E-state index is 13.7. The quantitative estimate of drug-likeness (QED) is 0.337. The molecule has 0 atom stereocenters. The average molecular weight is 688 g/mol. The first-order chi connectivity index (χ1) is 21.9. The van der Waals surface area contributed by atoms with Gasteiger partial charge in [0.1, 0.15) is 23.3 Å². The molecule has 0 unspecified atom stereocenters. The Bertz CT molecular complexity index is 1370. The molecule has 0 aromatic carbocycles. The fraction of sp³-hybridized carbons (Fsp3) is 0.556. The number of rotatable bonds is 7. The van der Waals surface area contributed by atoms with Crippen molar-refractivity contribution in [2.75, 3.05) is 26.2 Å². The van der Waals surface area contributed by atoms with Crippen LogP contribution in [-0.2, 0) is 22.7 Å². The number of alkyl halides is 6. The molecule has 2 N–H and O–H groups in total. The largest absolute Gasteiger partial charge is 0.471 e. The zero-order chi connectivity index (χ0) is 35.1. The van der Waals surface area contributed by atoms with Crippen molar-refractivity contribution in [2.45, 2.75) is 70.0 Å². The van der Waals surface area contributed by atoms with Gasteiger partial charge in [0.05, 0.1) is 36.9 Å². The van der Waals surface area contributed by atoms with E-state index in [1.807, 2.05) is 0 Å². The van der Waals surface area contributed by atoms with E-state index in [4.69, 9.17) is 0 Å². The van der Waals surface area contributed by atoms with Gasteiger partial charge >= 0.3 is 31.2 Å². The highest BCUT2D eigenvalue weighted by Crippen LogP contribution is 2.27. The molecule has 0 radical (unpaired) electrons. The second kappa shape index (κ2) is 16.1. The van der Waals surface area contributed by atoms with Gasteiger partial charge in [-0.2, -0.15) is 26.3 Å². The Morgan fingerprint density at radius 1 is 0.809 bits per heavy atom. The molecule has 2 amide bonds. The molecule has 0 spiro atoms. The summed E-state index contributed by atoms with van der Waals surface area (Å²) in [4.78, 5) is 33.0. The van der Waals surface area contributed by atoms with Gasteiger partial charge in [-0.05, 0) is 58.7 Å². The van der Waals surface area contributed by atoms with Crippen LogP contribution < -0.4 is 5.32 Å². The van der Waals surface area contributed by atoms with Gasteiger partial charge in [-0.15, -0.1) is 0 Å². The van der Waals surface area contributed by atoms with Crippen LogP contribution in [-0.4, -0.2) is 99.1 Å². The lowest BCUT2D eigenvalue weighted by Crippen LogP contribution is -2.53. The molecule has 2 aliphatic heterocycles.